The fourth-order valence-electron chi connectivity index (χ4n) is 3.00. The lowest BCUT2D eigenvalue weighted by Gasteiger charge is -2.30. The number of piperidine rings is 1. The molecule has 0 aromatic heterocycles. The van der Waals surface area contributed by atoms with E-state index in [1.165, 1.54) is 17.5 Å². The van der Waals surface area contributed by atoms with Crippen molar-refractivity contribution in [1.29, 1.82) is 0 Å². The van der Waals surface area contributed by atoms with Crippen LogP contribution < -0.4 is 0 Å². The Hall–Kier alpha value is -1.35. The number of nitrogens with zero attached hydrogens (tertiary/aromatic N) is 1. The van der Waals surface area contributed by atoms with Crippen molar-refractivity contribution < 1.29 is 9.90 Å². The van der Waals surface area contributed by atoms with E-state index >= 15 is 0 Å². The van der Waals surface area contributed by atoms with Crippen molar-refractivity contribution in [3.05, 3.63) is 35.4 Å². The van der Waals surface area contributed by atoms with Gasteiger partial charge in [-0.2, -0.15) is 0 Å². The highest BCUT2D eigenvalue weighted by Gasteiger charge is 2.24. The zero-order valence-electron chi connectivity index (χ0n) is 13.2. The monoisotopic (exact) mass is 289 g/mol. The average molecular weight is 289 g/mol. The van der Waals surface area contributed by atoms with Crippen LogP contribution in [0.2, 0.25) is 0 Å². The van der Waals surface area contributed by atoms with Gasteiger partial charge < -0.3 is 10.0 Å². The van der Waals surface area contributed by atoms with Crippen molar-refractivity contribution in [2.24, 2.45) is 5.92 Å². The molecule has 0 aliphatic carbocycles. The second kappa shape index (κ2) is 7.60. The molecule has 2 unspecified atom stereocenters. The number of hydrogen-bond acceptors (Lipinski definition) is 2. The van der Waals surface area contributed by atoms with Gasteiger partial charge in [0.25, 0.3) is 0 Å². The first kappa shape index (κ1) is 16.0. The Kier molecular flexibility index (Phi) is 5.80. The Morgan fingerprint density at radius 2 is 2.10 bits per heavy atom. The number of hydrogen-bond donors (Lipinski definition) is 1. The number of aliphatic carboxylic acids is 1. The first-order valence-electron chi connectivity index (χ1n) is 8.14. The third-order valence-corrected chi connectivity index (χ3v) is 4.73. The first-order chi connectivity index (χ1) is 10.1. The SMILES string of the molecule is CCC(C)c1ccc(CCN2CCCC(C(=O)O)C2)cc1. The molecule has 1 fully saturated rings. The van der Waals surface area contributed by atoms with E-state index in [9.17, 15) is 4.79 Å². The molecule has 1 saturated heterocycles. The smallest absolute Gasteiger partial charge is 0.307 e. The van der Waals surface area contributed by atoms with Crippen LogP contribution in [0.25, 0.3) is 0 Å². The van der Waals surface area contributed by atoms with Gasteiger partial charge in [0.2, 0.25) is 0 Å². The summed E-state index contributed by atoms with van der Waals surface area (Å²) < 4.78 is 0. The van der Waals surface area contributed by atoms with Gasteiger partial charge in [0.1, 0.15) is 0 Å². The molecule has 1 aromatic rings. The van der Waals surface area contributed by atoms with Crippen LogP contribution in [0.15, 0.2) is 24.3 Å². The van der Waals surface area contributed by atoms with Crippen molar-refractivity contribution >= 4 is 5.97 Å². The number of likely N-dealkylation sites (tertiary alicyclic amines) is 1. The minimum atomic E-state index is -0.641. The molecule has 0 spiro atoms. The van der Waals surface area contributed by atoms with Gasteiger partial charge in [0, 0.05) is 13.1 Å². The molecule has 3 heteroatoms. The summed E-state index contributed by atoms with van der Waals surface area (Å²) in [5, 5.41) is 9.12. The summed E-state index contributed by atoms with van der Waals surface area (Å²) in [5.74, 6) is -0.193. The highest BCUT2D eigenvalue weighted by atomic mass is 16.4. The third kappa shape index (κ3) is 4.57. The number of benzene rings is 1. The molecule has 2 atom stereocenters. The largest absolute Gasteiger partial charge is 0.481 e. The maximum atomic E-state index is 11.1. The van der Waals surface area contributed by atoms with Crippen molar-refractivity contribution in [3.8, 4) is 0 Å². The van der Waals surface area contributed by atoms with Crippen LogP contribution in [0.4, 0.5) is 0 Å². The van der Waals surface area contributed by atoms with Crippen LogP contribution in [0.3, 0.4) is 0 Å². The van der Waals surface area contributed by atoms with Crippen LogP contribution in [0.1, 0.15) is 50.2 Å². The van der Waals surface area contributed by atoms with Gasteiger partial charge in [-0.25, -0.2) is 0 Å². The minimum absolute atomic E-state index is 0.175. The maximum Gasteiger partial charge on any atom is 0.307 e. The summed E-state index contributed by atoms with van der Waals surface area (Å²) in [6.45, 7) is 7.18. The van der Waals surface area contributed by atoms with Gasteiger partial charge in [-0.1, -0.05) is 38.1 Å². The zero-order valence-corrected chi connectivity index (χ0v) is 13.2. The van der Waals surface area contributed by atoms with Crippen LogP contribution in [0.5, 0.6) is 0 Å². The molecular weight excluding hydrogens is 262 g/mol. The molecule has 1 aliphatic rings. The van der Waals surface area contributed by atoms with Gasteiger partial charge in [-0.3, -0.25) is 4.79 Å². The summed E-state index contributed by atoms with van der Waals surface area (Å²) in [6.07, 6.45) is 4.01. The Labute approximate surface area is 128 Å². The van der Waals surface area contributed by atoms with E-state index in [0.29, 0.717) is 12.5 Å². The number of rotatable bonds is 6. The number of carboxylic acids is 1. The molecule has 116 valence electrons. The lowest BCUT2D eigenvalue weighted by molar-refractivity contribution is -0.143. The molecule has 1 aliphatic heterocycles. The fraction of sp³-hybridized carbons (Fsp3) is 0.611. The van der Waals surface area contributed by atoms with E-state index in [2.05, 4.69) is 43.0 Å². The summed E-state index contributed by atoms with van der Waals surface area (Å²) in [5.41, 5.74) is 2.75. The van der Waals surface area contributed by atoms with Crippen LogP contribution in [-0.4, -0.2) is 35.6 Å². The molecule has 1 aromatic carbocycles. The predicted molar refractivity (Wildman–Crippen MR) is 85.7 cm³/mol. The average Bonchev–Trinajstić information content (AvgIpc) is 2.53. The lowest BCUT2D eigenvalue weighted by atomic mass is 9.96. The minimum Gasteiger partial charge on any atom is -0.481 e. The van der Waals surface area contributed by atoms with E-state index in [0.717, 1.165) is 32.4 Å². The Morgan fingerprint density at radius 1 is 1.38 bits per heavy atom. The van der Waals surface area contributed by atoms with Crippen molar-refractivity contribution in [3.63, 3.8) is 0 Å². The topological polar surface area (TPSA) is 40.5 Å². The molecule has 1 heterocycles. The Bertz CT molecular complexity index is 455. The summed E-state index contributed by atoms with van der Waals surface area (Å²) in [6, 6.07) is 8.92. The Morgan fingerprint density at radius 3 is 2.71 bits per heavy atom. The standard InChI is InChI=1S/C18H27NO2/c1-3-14(2)16-8-6-15(7-9-16)10-12-19-11-4-5-17(13-19)18(20)21/h6-9,14,17H,3-5,10-13H2,1-2H3,(H,20,21). The molecule has 2 rings (SSSR count). The van der Waals surface area contributed by atoms with Crippen molar-refractivity contribution in [2.45, 2.75) is 45.4 Å². The van der Waals surface area contributed by atoms with Crippen LogP contribution in [-0.2, 0) is 11.2 Å². The van der Waals surface area contributed by atoms with E-state index in [-0.39, 0.29) is 5.92 Å². The summed E-state index contributed by atoms with van der Waals surface area (Å²) in [7, 11) is 0. The quantitative estimate of drug-likeness (QED) is 0.871. The fourth-order valence-corrected chi connectivity index (χ4v) is 3.00. The van der Waals surface area contributed by atoms with Gasteiger partial charge >= 0.3 is 5.97 Å². The van der Waals surface area contributed by atoms with E-state index in [1.807, 2.05) is 0 Å². The van der Waals surface area contributed by atoms with Gasteiger partial charge in [0.15, 0.2) is 0 Å². The number of carboxylic acid groups (broad SMARTS) is 1. The zero-order chi connectivity index (χ0) is 15.2. The van der Waals surface area contributed by atoms with E-state index in [1.54, 1.807) is 0 Å². The van der Waals surface area contributed by atoms with E-state index in [4.69, 9.17) is 5.11 Å². The molecular formula is C18H27NO2. The van der Waals surface area contributed by atoms with Crippen molar-refractivity contribution in [2.75, 3.05) is 19.6 Å². The van der Waals surface area contributed by atoms with Crippen LogP contribution in [0, 0.1) is 5.92 Å². The van der Waals surface area contributed by atoms with Crippen LogP contribution >= 0.6 is 0 Å². The molecule has 0 amide bonds. The number of carbonyl (C=O) groups is 1. The normalized spacial score (nSPS) is 21.1. The van der Waals surface area contributed by atoms with Gasteiger partial charge in [0.05, 0.1) is 5.92 Å². The van der Waals surface area contributed by atoms with Gasteiger partial charge in [-0.05, 0) is 49.3 Å². The Balaban J connectivity index is 1.84. The third-order valence-electron chi connectivity index (χ3n) is 4.73. The maximum absolute atomic E-state index is 11.1. The first-order valence-corrected chi connectivity index (χ1v) is 8.14. The molecule has 1 N–H and O–H groups in total. The van der Waals surface area contributed by atoms with Crippen molar-refractivity contribution in [1.82, 2.24) is 4.90 Å². The summed E-state index contributed by atoms with van der Waals surface area (Å²) >= 11 is 0. The molecule has 0 saturated carbocycles. The predicted octanol–water partition coefficient (Wildman–Crippen LogP) is 3.54. The van der Waals surface area contributed by atoms with Gasteiger partial charge in [-0.15, -0.1) is 0 Å². The second-order valence-electron chi connectivity index (χ2n) is 6.28. The molecule has 21 heavy (non-hydrogen) atoms. The highest BCUT2D eigenvalue weighted by molar-refractivity contribution is 5.70. The summed E-state index contributed by atoms with van der Waals surface area (Å²) in [4.78, 5) is 13.4. The second-order valence-corrected chi connectivity index (χ2v) is 6.28. The highest BCUT2D eigenvalue weighted by Crippen LogP contribution is 2.20. The molecule has 0 bridgehead atoms. The lowest BCUT2D eigenvalue weighted by Crippen LogP contribution is -2.39. The molecule has 0 radical (unpaired) electrons. The van der Waals surface area contributed by atoms with E-state index < -0.39 is 5.97 Å². The molecule has 3 nitrogen and oxygen atoms in total.